The van der Waals surface area contributed by atoms with Crippen LogP contribution in [0.4, 0.5) is 4.39 Å². The molecular weight excluding hydrogens is 393 g/mol. The zero-order chi connectivity index (χ0) is 22.4. The highest BCUT2D eigenvalue weighted by molar-refractivity contribution is 5.89. The first-order chi connectivity index (χ1) is 14.9. The quantitative estimate of drug-likeness (QED) is 0.590. The molecule has 1 fully saturated rings. The van der Waals surface area contributed by atoms with Gasteiger partial charge in [-0.3, -0.25) is 9.78 Å². The zero-order valence-corrected chi connectivity index (χ0v) is 17.9. The molecule has 2 N–H and O–H groups in total. The molecule has 1 aromatic carbocycles. The fourth-order valence-electron chi connectivity index (χ4n) is 4.02. The Morgan fingerprint density at radius 2 is 1.74 bits per heavy atom. The number of aromatic nitrogens is 2. The van der Waals surface area contributed by atoms with Crippen molar-refractivity contribution in [3.05, 3.63) is 72.4 Å². The number of nitrogens with zero attached hydrogens (tertiary/aromatic N) is 2. The van der Waals surface area contributed by atoms with E-state index in [-0.39, 0.29) is 5.82 Å². The van der Waals surface area contributed by atoms with Crippen LogP contribution in [0.5, 0.6) is 0 Å². The Kier molecular flexibility index (Phi) is 7.36. The second kappa shape index (κ2) is 10.2. The van der Waals surface area contributed by atoms with Gasteiger partial charge in [0.05, 0.1) is 5.69 Å². The van der Waals surface area contributed by atoms with E-state index in [2.05, 4.69) is 28.5 Å². The molecule has 31 heavy (non-hydrogen) atoms. The van der Waals surface area contributed by atoms with Gasteiger partial charge in [-0.2, -0.15) is 0 Å². The minimum Gasteiger partial charge on any atom is -0.481 e. The highest BCUT2D eigenvalue weighted by Crippen LogP contribution is 2.41. The number of likely N-dealkylation sites (tertiary alicyclic amines) is 1. The van der Waals surface area contributed by atoms with Crippen molar-refractivity contribution in [2.24, 2.45) is 0 Å². The van der Waals surface area contributed by atoms with Gasteiger partial charge in [0, 0.05) is 42.1 Å². The van der Waals surface area contributed by atoms with Crippen molar-refractivity contribution >= 4 is 12.0 Å². The van der Waals surface area contributed by atoms with Gasteiger partial charge < -0.3 is 15.0 Å². The molecule has 0 aliphatic carbocycles. The summed E-state index contributed by atoms with van der Waals surface area (Å²) in [7, 11) is 2.17. The first kappa shape index (κ1) is 22.4. The van der Waals surface area contributed by atoms with Crippen LogP contribution < -0.4 is 0 Å². The predicted octanol–water partition coefficient (Wildman–Crippen LogP) is 5.43. The molecule has 3 heterocycles. The number of benzene rings is 1. The number of pyridine rings is 1. The van der Waals surface area contributed by atoms with Crippen molar-refractivity contribution in [1.82, 2.24) is 14.9 Å². The second-order valence-electron chi connectivity index (χ2n) is 7.75. The van der Waals surface area contributed by atoms with Gasteiger partial charge in [0.15, 0.2) is 0 Å². The summed E-state index contributed by atoms with van der Waals surface area (Å²) in [6, 6.07) is 10.7. The van der Waals surface area contributed by atoms with Gasteiger partial charge >= 0.3 is 0 Å². The average Bonchev–Trinajstić information content (AvgIpc) is 3.14. The van der Waals surface area contributed by atoms with Gasteiger partial charge in [-0.05, 0) is 80.5 Å². The number of carboxylic acids is 1. The summed E-state index contributed by atoms with van der Waals surface area (Å²) in [5.41, 5.74) is 6.59. The fraction of sp³-hybridized carbons (Fsp3) is 0.280. The van der Waals surface area contributed by atoms with Crippen molar-refractivity contribution < 1.29 is 14.3 Å². The summed E-state index contributed by atoms with van der Waals surface area (Å²) in [5, 5.41) is 7.42. The molecule has 4 rings (SSSR count). The molecule has 1 aliphatic heterocycles. The highest BCUT2D eigenvalue weighted by Gasteiger charge is 2.26. The Balaban J connectivity index is 0.000000628. The van der Waals surface area contributed by atoms with Crippen LogP contribution in [-0.4, -0.2) is 46.1 Å². The van der Waals surface area contributed by atoms with E-state index in [0.29, 0.717) is 5.92 Å². The topological polar surface area (TPSA) is 69.2 Å². The smallest absolute Gasteiger partial charge is 0.300 e. The lowest BCUT2D eigenvalue weighted by molar-refractivity contribution is -0.134. The number of carboxylic acid groups (broad SMARTS) is 1. The van der Waals surface area contributed by atoms with Crippen molar-refractivity contribution in [1.29, 1.82) is 0 Å². The predicted molar refractivity (Wildman–Crippen MR) is 122 cm³/mol. The van der Waals surface area contributed by atoms with E-state index in [4.69, 9.17) is 9.90 Å². The molecule has 162 valence electrons. The van der Waals surface area contributed by atoms with Crippen molar-refractivity contribution in [3.8, 4) is 22.4 Å². The minimum absolute atomic E-state index is 0.227. The van der Waals surface area contributed by atoms with E-state index in [9.17, 15) is 4.39 Å². The van der Waals surface area contributed by atoms with Crippen LogP contribution >= 0.6 is 0 Å². The molecule has 2 aromatic heterocycles. The number of rotatable bonds is 4. The first-order valence-electron chi connectivity index (χ1n) is 10.3. The van der Waals surface area contributed by atoms with E-state index < -0.39 is 5.97 Å². The molecule has 1 aliphatic rings. The summed E-state index contributed by atoms with van der Waals surface area (Å²) < 4.78 is 13.5. The highest BCUT2D eigenvalue weighted by atomic mass is 19.1. The van der Waals surface area contributed by atoms with E-state index in [1.54, 1.807) is 12.4 Å². The summed E-state index contributed by atoms with van der Waals surface area (Å²) in [6.45, 7) is 7.37. The van der Waals surface area contributed by atoms with Crippen LogP contribution in [0.15, 0.2) is 55.4 Å². The molecule has 0 spiro atoms. The third kappa shape index (κ3) is 5.47. The monoisotopic (exact) mass is 421 g/mol. The summed E-state index contributed by atoms with van der Waals surface area (Å²) >= 11 is 0. The maximum Gasteiger partial charge on any atom is 0.300 e. The average molecular weight is 422 g/mol. The Morgan fingerprint density at radius 1 is 1.16 bits per heavy atom. The molecule has 0 atom stereocenters. The lowest BCUT2D eigenvalue weighted by Crippen LogP contribution is -2.29. The van der Waals surface area contributed by atoms with Gasteiger partial charge in [-0.1, -0.05) is 12.7 Å². The van der Waals surface area contributed by atoms with E-state index in [1.165, 1.54) is 17.8 Å². The molecule has 1 saturated heterocycles. The van der Waals surface area contributed by atoms with E-state index in [1.807, 2.05) is 30.3 Å². The van der Waals surface area contributed by atoms with Crippen LogP contribution in [0.25, 0.3) is 28.5 Å². The molecule has 0 saturated carbocycles. The number of H-pyrrole nitrogens is 1. The molecule has 0 bridgehead atoms. The van der Waals surface area contributed by atoms with Crippen LogP contribution in [0.2, 0.25) is 0 Å². The Hall–Kier alpha value is -3.25. The van der Waals surface area contributed by atoms with Crippen LogP contribution in [0.3, 0.4) is 0 Å². The Labute approximate surface area is 182 Å². The molecular formula is C25H28FN3O2. The number of aromatic amines is 1. The normalized spacial score (nSPS) is 14.5. The maximum absolute atomic E-state index is 13.5. The number of carbonyl (C=O) groups is 1. The Morgan fingerprint density at radius 3 is 2.29 bits per heavy atom. The van der Waals surface area contributed by atoms with Crippen molar-refractivity contribution in [3.63, 3.8) is 0 Å². The molecule has 6 heteroatoms. The van der Waals surface area contributed by atoms with Crippen LogP contribution in [-0.2, 0) is 4.79 Å². The lowest BCUT2D eigenvalue weighted by atomic mass is 9.89. The largest absolute Gasteiger partial charge is 0.481 e. The number of halogens is 1. The van der Waals surface area contributed by atoms with Crippen LogP contribution in [0.1, 0.15) is 36.9 Å². The summed E-state index contributed by atoms with van der Waals surface area (Å²) in [6.07, 6.45) is 7.80. The SMILES string of the molecule is C=Cc1c(C2CCN(C)CC2)[nH]c(-c2ccc(F)cc2)c1-c1ccncc1.CC(=O)O. The van der Waals surface area contributed by atoms with E-state index in [0.717, 1.165) is 60.8 Å². The summed E-state index contributed by atoms with van der Waals surface area (Å²) in [5.74, 6) is -0.584. The number of hydrogen-bond acceptors (Lipinski definition) is 3. The van der Waals surface area contributed by atoms with Gasteiger partial charge in [0.25, 0.3) is 5.97 Å². The third-order valence-electron chi connectivity index (χ3n) is 5.50. The first-order valence-corrected chi connectivity index (χ1v) is 10.3. The molecule has 0 radical (unpaired) electrons. The fourth-order valence-corrected chi connectivity index (χ4v) is 4.02. The van der Waals surface area contributed by atoms with Gasteiger partial charge in [0.2, 0.25) is 0 Å². The van der Waals surface area contributed by atoms with E-state index >= 15 is 0 Å². The van der Waals surface area contributed by atoms with Gasteiger partial charge in [-0.15, -0.1) is 0 Å². The molecule has 0 unspecified atom stereocenters. The molecule has 0 amide bonds. The zero-order valence-electron chi connectivity index (χ0n) is 17.9. The standard InChI is InChI=1S/C23H24FN3.C2H4O2/c1-3-20-21(16-8-12-25-13-9-16)23(17-4-6-19(24)7-5-17)26-22(20)18-10-14-27(2)15-11-18;1-2(3)4/h3-9,12-13,18,26H,1,10-11,14-15H2,2H3;1H3,(H,3,4). The molecule has 3 aromatic rings. The van der Waals surface area contributed by atoms with Gasteiger partial charge in [0.1, 0.15) is 5.82 Å². The summed E-state index contributed by atoms with van der Waals surface area (Å²) in [4.78, 5) is 19.2. The van der Waals surface area contributed by atoms with Crippen molar-refractivity contribution in [2.45, 2.75) is 25.7 Å². The Bertz CT molecular complexity index is 1020. The minimum atomic E-state index is -0.833. The number of nitrogens with one attached hydrogen (secondary N) is 1. The lowest BCUT2D eigenvalue weighted by Gasteiger charge is -2.29. The van der Waals surface area contributed by atoms with Crippen LogP contribution in [0, 0.1) is 5.82 Å². The van der Waals surface area contributed by atoms with Crippen molar-refractivity contribution in [2.75, 3.05) is 20.1 Å². The maximum atomic E-state index is 13.5. The molecule has 5 nitrogen and oxygen atoms in total. The van der Waals surface area contributed by atoms with Gasteiger partial charge in [-0.25, -0.2) is 4.39 Å². The third-order valence-corrected chi connectivity index (χ3v) is 5.50. The number of aliphatic carboxylic acids is 1. The second-order valence-corrected chi connectivity index (χ2v) is 7.75. The number of piperidine rings is 1. The number of hydrogen-bond donors (Lipinski definition) is 2.